The fraction of sp³-hybridized carbons (Fsp3) is 0.375. The molecule has 3 heterocycles. The Bertz CT molecular complexity index is 1010. The molecule has 0 saturated heterocycles. The molecule has 2 aliphatic heterocycles. The van der Waals surface area contributed by atoms with E-state index in [9.17, 15) is 5.11 Å². The van der Waals surface area contributed by atoms with Crippen LogP contribution in [0, 0.1) is 0 Å². The first-order valence-corrected chi connectivity index (χ1v) is 10.9. The van der Waals surface area contributed by atoms with Gasteiger partial charge < -0.3 is 20.6 Å². The largest absolute Gasteiger partial charge is 0.508 e. The number of allylic oxidation sites excluding steroid dienone is 3. The van der Waals surface area contributed by atoms with Crippen LogP contribution in [-0.2, 0) is 6.42 Å². The van der Waals surface area contributed by atoms with Crippen molar-refractivity contribution in [3.05, 3.63) is 54.0 Å². The predicted octanol–water partition coefficient (Wildman–Crippen LogP) is 4.58. The summed E-state index contributed by atoms with van der Waals surface area (Å²) in [5, 5.41) is 16.6. The van der Waals surface area contributed by atoms with Gasteiger partial charge in [-0.1, -0.05) is 18.2 Å². The maximum atomic E-state index is 9.49. The monoisotopic (exact) mass is 418 g/mol. The summed E-state index contributed by atoms with van der Waals surface area (Å²) in [5.74, 6) is 2.82. The van der Waals surface area contributed by atoms with E-state index in [0.29, 0.717) is 6.04 Å². The van der Waals surface area contributed by atoms with E-state index in [4.69, 9.17) is 9.97 Å². The number of aromatic nitrogens is 2. The fourth-order valence-electron chi connectivity index (χ4n) is 4.02. The van der Waals surface area contributed by atoms with Gasteiger partial charge in [0.05, 0.1) is 6.17 Å². The zero-order valence-electron chi connectivity index (χ0n) is 18.3. The minimum atomic E-state index is 0.149. The zero-order valence-corrected chi connectivity index (χ0v) is 18.3. The number of hydrogen-bond donors (Lipinski definition) is 3. The van der Waals surface area contributed by atoms with Gasteiger partial charge in [-0.3, -0.25) is 4.99 Å². The number of nitrogens with one attached hydrogen (secondary N) is 2. The minimum Gasteiger partial charge on any atom is -0.508 e. The highest BCUT2D eigenvalue weighted by Crippen LogP contribution is 2.40. The van der Waals surface area contributed by atoms with Crippen molar-refractivity contribution in [2.24, 2.45) is 4.99 Å². The lowest BCUT2D eigenvalue weighted by Gasteiger charge is -2.27. The summed E-state index contributed by atoms with van der Waals surface area (Å²) in [6.45, 7) is 7.25. The second-order valence-electron chi connectivity index (χ2n) is 8.16. The van der Waals surface area contributed by atoms with E-state index >= 15 is 0 Å². The van der Waals surface area contributed by atoms with Crippen LogP contribution >= 0.6 is 0 Å². The molecule has 3 N–H and O–H groups in total. The van der Waals surface area contributed by atoms with Gasteiger partial charge in [0.25, 0.3) is 0 Å². The first-order valence-electron chi connectivity index (χ1n) is 10.9. The number of anilines is 3. The standard InChI is InChI=1S/C24H30N6O/c1-16(2)30-17(3)27-21-23(26-15-12-18-8-10-20(31)11-9-18)28-22(29-24(21)30)19-6-4-13-25-14-5-7-19/h4,6,8-11,13-14,16-17,27,31H,5,7,12,15H2,1-3H3,(H,26,28,29)/b13-4-,19-6+,25-14?. The number of phenolic OH excluding ortho intramolecular Hbond substituents is 1. The molecule has 0 radical (unpaired) electrons. The van der Waals surface area contributed by atoms with Gasteiger partial charge in [0.1, 0.15) is 11.4 Å². The molecule has 0 spiro atoms. The topological polar surface area (TPSA) is 85.7 Å². The molecule has 2 aliphatic rings. The second kappa shape index (κ2) is 9.20. The minimum absolute atomic E-state index is 0.149. The zero-order chi connectivity index (χ0) is 21.8. The summed E-state index contributed by atoms with van der Waals surface area (Å²) in [4.78, 5) is 16.4. The summed E-state index contributed by atoms with van der Waals surface area (Å²) in [6.07, 6.45) is 10.4. The molecular weight excluding hydrogens is 388 g/mol. The summed E-state index contributed by atoms with van der Waals surface area (Å²) in [7, 11) is 0. The maximum absolute atomic E-state index is 9.49. The third-order valence-electron chi connectivity index (χ3n) is 5.51. The Morgan fingerprint density at radius 3 is 2.81 bits per heavy atom. The summed E-state index contributed by atoms with van der Waals surface area (Å²) >= 11 is 0. The van der Waals surface area contributed by atoms with Crippen LogP contribution in [0.4, 0.5) is 17.3 Å². The van der Waals surface area contributed by atoms with Crippen molar-refractivity contribution in [3.8, 4) is 5.75 Å². The van der Waals surface area contributed by atoms with E-state index in [-0.39, 0.29) is 11.9 Å². The van der Waals surface area contributed by atoms with Gasteiger partial charge in [0, 0.05) is 25.0 Å². The van der Waals surface area contributed by atoms with Crippen LogP contribution < -0.4 is 15.5 Å². The van der Waals surface area contributed by atoms with Gasteiger partial charge in [-0.15, -0.1) is 0 Å². The molecule has 0 aliphatic carbocycles. The highest BCUT2D eigenvalue weighted by Gasteiger charge is 2.32. The van der Waals surface area contributed by atoms with E-state index < -0.39 is 0 Å². The van der Waals surface area contributed by atoms with Gasteiger partial charge in [-0.25, -0.2) is 9.97 Å². The van der Waals surface area contributed by atoms with Crippen LogP contribution in [0.15, 0.2) is 47.6 Å². The van der Waals surface area contributed by atoms with Gasteiger partial charge in [0.2, 0.25) is 0 Å². The number of nitrogens with zero attached hydrogens (tertiary/aromatic N) is 4. The van der Waals surface area contributed by atoms with E-state index in [2.05, 4.69) is 47.4 Å². The number of rotatable bonds is 6. The van der Waals surface area contributed by atoms with Gasteiger partial charge in [-0.2, -0.15) is 0 Å². The van der Waals surface area contributed by atoms with E-state index in [1.807, 2.05) is 24.4 Å². The molecule has 1 unspecified atom stereocenters. The smallest absolute Gasteiger partial charge is 0.160 e. The summed E-state index contributed by atoms with van der Waals surface area (Å²) in [6, 6.07) is 7.64. The second-order valence-corrected chi connectivity index (χ2v) is 8.16. The molecule has 7 nitrogen and oxygen atoms in total. The summed E-state index contributed by atoms with van der Waals surface area (Å²) in [5.41, 5.74) is 3.22. The van der Waals surface area contributed by atoms with E-state index in [1.165, 1.54) is 0 Å². The van der Waals surface area contributed by atoms with Gasteiger partial charge in [0.15, 0.2) is 17.5 Å². The molecular formula is C24H30N6O. The van der Waals surface area contributed by atoms with Gasteiger partial charge >= 0.3 is 0 Å². The van der Waals surface area contributed by atoms with Crippen molar-refractivity contribution in [1.82, 2.24) is 9.97 Å². The van der Waals surface area contributed by atoms with Crippen molar-refractivity contribution in [3.63, 3.8) is 0 Å². The first-order chi connectivity index (χ1) is 15.0. The van der Waals surface area contributed by atoms with E-state index in [1.54, 1.807) is 18.3 Å². The normalized spacial score (nSPS) is 20.5. The van der Waals surface area contributed by atoms with Crippen LogP contribution in [-0.4, -0.2) is 40.0 Å². The number of hydrogen-bond acceptors (Lipinski definition) is 7. The van der Waals surface area contributed by atoms with Crippen molar-refractivity contribution in [2.75, 3.05) is 22.1 Å². The summed E-state index contributed by atoms with van der Waals surface area (Å²) < 4.78 is 0. The Morgan fingerprint density at radius 2 is 2.03 bits per heavy atom. The molecule has 1 atom stereocenters. The fourth-order valence-corrected chi connectivity index (χ4v) is 4.02. The maximum Gasteiger partial charge on any atom is 0.160 e. The molecule has 0 amide bonds. The highest BCUT2D eigenvalue weighted by atomic mass is 16.3. The van der Waals surface area contributed by atoms with Crippen molar-refractivity contribution in [2.45, 2.75) is 52.2 Å². The number of benzene rings is 1. The third-order valence-corrected chi connectivity index (χ3v) is 5.51. The van der Waals surface area contributed by atoms with Crippen LogP contribution in [0.1, 0.15) is 45.0 Å². The first kappa shape index (κ1) is 20.9. The van der Waals surface area contributed by atoms with Crippen molar-refractivity contribution < 1.29 is 5.11 Å². The Balaban J connectivity index is 1.64. The van der Waals surface area contributed by atoms with Crippen LogP contribution in [0.3, 0.4) is 0 Å². The van der Waals surface area contributed by atoms with Crippen LogP contribution in [0.25, 0.3) is 5.57 Å². The number of aromatic hydroxyl groups is 1. The van der Waals surface area contributed by atoms with E-state index in [0.717, 1.165) is 60.1 Å². The SMILES string of the molecule is CC(C)N1c2nc(/C3=C/C=C\N=CCC3)nc(NCCc3ccc(O)cc3)c2NC1C. The average molecular weight is 419 g/mol. The lowest BCUT2D eigenvalue weighted by molar-refractivity contribution is 0.475. The van der Waals surface area contributed by atoms with Crippen LogP contribution in [0.5, 0.6) is 5.75 Å². The lowest BCUT2D eigenvalue weighted by Crippen LogP contribution is -2.38. The third kappa shape index (κ3) is 4.71. The number of fused-ring (bicyclic) bond motifs is 1. The molecule has 162 valence electrons. The van der Waals surface area contributed by atoms with Crippen molar-refractivity contribution >= 4 is 29.1 Å². The highest BCUT2D eigenvalue weighted by molar-refractivity contribution is 5.84. The molecule has 0 bridgehead atoms. The predicted molar refractivity (Wildman–Crippen MR) is 128 cm³/mol. The molecule has 31 heavy (non-hydrogen) atoms. The number of phenols is 1. The molecule has 1 aromatic heterocycles. The average Bonchev–Trinajstić information content (AvgIpc) is 3.05. The lowest BCUT2D eigenvalue weighted by atomic mass is 10.1. The Hall–Kier alpha value is -3.35. The Morgan fingerprint density at radius 1 is 1.23 bits per heavy atom. The molecule has 2 aromatic rings. The molecule has 0 saturated carbocycles. The Kier molecular flexibility index (Phi) is 6.21. The molecule has 0 fully saturated rings. The molecule has 4 rings (SSSR count). The van der Waals surface area contributed by atoms with Gasteiger partial charge in [-0.05, 0) is 69.4 Å². The van der Waals surface area contributed by atoms with Crippen LogP contribution in [0.2, 0.25) is 0 Å². The molecule has 7 heteroatoms. The Labute approximate surface area is 183 Å². The quantitative estimate of drug-likeness (QED) is 0.636. The number of aliphatic imine (C=N–C) groups is 1. The van der Waals surface area contributed by atoms with Crippen molar-refractivity contribution in [1.29, 1.82) is 0 Å². The molecule has 1 aromatic carbocycles.